The Bertz CT molecular complexity index is 1890. The molecule has 7 rings (SSSR count). The fourth-order valence-corrected chi connectivity index (χ4v) is 5.99. The van der Waals surface area contributed by atoms with Crippen LogP contribution in [0, 0.1) is 0 Å². The topological polar surface area (TPSA) is 18.5 Å². The van der Waals surface area contributed by atoms with E-state index >= 15 is 0 Å². The first kappa shape index (κ1) is 29.0. The molecule has 0 radical (unpaired) electrons. The summed E-state index contributed by atoms with van der Waals surface area (Å²) in [5.41, 5.74) is 12.2. The third kappa shape index (κ3) is 5.90. The van der Waals surface area contributed by atoms with Crippen molar-refractivity contribution in [2.75, 3.05) is 0 Å². The summed E-state index contributed by atoms with van der Waals surface area (Å²) < 4.78 is 12.7. The van der Waals surface area contributed by atoms with Crippen molar-refractivity contribution in [3.05, 3.63) is 152 Å². The summed E-state index contributed by atoms with van der Waals surface area (Å²) in [7, 11) is -0.387. The van der Waals surface area contributed by atoms with E-state index in [1.54, 1.807) is 0 Å². The Morgan fingerprint density at radius 2 is 0.644 bits per heavy atom. The predicted molar refractivity (Wildman–Crippen MR) is 189 cm³/mol. The van der Waals surface area contributed by atoms with Crippen LogP contribution in [0.15, 0.2) is 152 Å². The SMILES string of the molecule is CC1(C)OB(c2cccc(-c3cccc(-c4cccc(-c5cc(-c6ccccc6)cc(-c6ccccc6)c5)c4)c3)c2)OC1(C)C. The van der Waals surface area contributed by atoms with Crippen LogP contribution < -0.4 is 5.46 Å². The van der Waals surface area contributed by atoms with Gasteiger partial charge in [0.15, 0.2) is 0 Å². The van der Waals surface area contributed by atoms with Crippen molar-refractivity contribution in [1.82, 2.24) is 0 Å². The average molecular weight is 585 g/mol. The van der Waals surface area contributed by atoms with Gasteiger partial charge in [-0.25, -0.2) is 0 Å². The molecular formula is C42H37BO2. The van der Waals surface area contributed by atoms with Gasteiger partial charge in [0.2, 0.25) is 0 Å². The predicted octanol–water partition coefficient (Wildman–Crippen LogP) is 10.3. The number of benzene rings is 6. The van der Waals surface area contributed by atoms with Crippen molar-refractivity contribution in [2.24, 2.45) is 0 Å². The Balaban J connectivity index is 1.24. The summed E-state index contributed by atoms with van der Waals surface area (Å²) in [4.78, 5) is 0. The first-order valence-corrected chi connectivity index (χ1v) is 15.7. The van der Waals surface area contributed by atoms with E-state index in [1.807, 2.05) is 0 Å². The van der Waals surface area contributed by atoms with E-state index in [2.05, 4.69) is 179 Å². The molecule has 6 aromatic carbocycles. The second-order valence-corrected chi connectivity index (χ2v) is 12.9. The van der Waals surface area contributed by atoms with E-state index in [1.165, 1.54) is 44.5 Å². The summed E-state index contributed by atoms with van der Waals surface area (Å²) in [6.45, 7) is 8.37. The summed E-state index contributed by atoms with van der Waals surface area (Å²) in [5, 5.41) is 0. The number of hydrogen-bond acceptors (Lipinski definition) is 2. The molecule has 6 aromatic rings. The fourth-order valence-electron chi connectivity index (χ4n) is 5.99. The molecule has 3 heteroatoms. The zero-order chi connectivity index (χ0) is 31.0. The molecule has 1 heterocycles. The maximum Gasteiger partial charge on any atom is 0.494 e. The summed E-state index contributed by atoms with van der Waals surface area (Å²) in [5.74, 6) is 0. The second kappa shape index (κ2) is 11.7. The van der Waals surface area contributed by atoms with Crippen molar-refractivity contribution in [2.45, 2.75) is 38.9 Å². The van der Waals surface area contributed by atoms with Crippen LogP contribution in [-0.4, -0.2) is 18.3 Å². The van der Waals surface area contributed by atoms with E-state index in [9.17, 15) is 0 Å². The minimum absolute atomic E-state index is 0.374. The lowest BCUT2D eigenvalue weighted by molar-refractivity contribution is 0.00578. The van der Waals surface area contributed by atoms with Gasteiger partial charge in [0.25, 0.3) is 0 Å². The van der Waals surface area contributed by atoms with Crippen LogP contribution in [-0.2, 0) is 9.31 Å². The minimum atomic E-state index is -0.387. The van der Waals surface area contributed by atoms with E-state index < -0.39 is 0 Å². The normalized spacial score (nSPS) is 15.2. The van der Waals surface area contributed by atoms with Crippen LogP contribution in [0.25, 0.3) is 55.6 Å². The Morgan fingerprint density at radius 1 is 0.333 bits per heavy atom. The summed E-state index contributed by atoms with van der Waals surface area (Å²) >= 11 is 0. The van der Waals surface area contributed by atoms with Crippen LogP contribution >= 0.6 is 0 Å². The van der Waals surface area contributed by atoms with Crippen molar-refractivity contribution >= 4 is 12.6 Å². The molecule has 0 spiro atoms. The molecule has 0 bridgehead atoms. The largest absolute Gasteiger partial charge is 0.494 e. The molecular weight excluding hydrogens is 547 g/mol. The smallest absolute Gasteiger partial charge is 0.399 e. The first-order chi connectivity index (χ1) is 21.8. The van der Waals surface area contributed by atoms with Gasteiger partial charge in [-0.2, -0.15) is 0 Å². The Labute approximate surface area is 267 Å². The molecule has 0 aliphatic carbocycles. The third-order valence-corrected chi connectivity index (χ3v) is 9.28. The molecule has 220 valence electrons. The Kier molecular flexibility index (Phi) is 7.53. The van der Waals surface area contributed by atoms with E-state index in [0.717, 1.165) is 16.6 Å². The number of hydrogen-bond donors (Lipinski definition) is 0. The third-order valence-electron chi connectivity index (χ3n) is 9.28. The van der Waals surface area contributed by atoms with Crippen LogP contribution in [0.4, 0.5) is 0 Å². The van der Waals surface area contributed by atoms with Crippen molar-refractivity contribution in [3.63, 3.8) is 0 Å². The van der Waals surface area contributed by atoms with Crippen molar-refractivity contribution < 1.29 is 9.31 Å². The molecule has 2 nitrogen and oxygen atoms in total. The van der Waals surface area contributed by atoms with Crippen LogP contribution in [0.3, 0.4) is 0 Å². The monoisotopic (exact) mass is 584 g/mol. The maximum atomic E-state index is 6.34. The standard InChI is InChI=1S/C42H37BO2/c1-41(2)42(3,4)45-43(44-41)40-23-13-22-36(29-40)34-20-11-18-32(24-34)33-19-12-21-35(25-33)39-27-37(30-14-7-5-8-15-30)26-38(28-39)31-16-9-6-10-17-31/h5-29H,1-4H3. The van der Waals surface area contributed by atoms with Gasteiger partial charge in [-0.15, -0.1) is 0 Å². The Morgan fingerprint density at radius 3 is 1.09 bits per heavy atom. The van der Waals surface area contributed by atoms with Gasteiger partial charge in [-0.3, -0.25) is 0 Å². The molecule has 45 heavy (non-hydrogen) atoms. The molecule has 1 aliphatic rings. The zero-order valence-corrected chi connectivity index (χ0v) is 26.3. The van der Waals surface area contributed by atoms with Gasteiger partial charge in [-0.1, -0.05) is 121 Å². The first-order valence-electron chi connectivity index (χ1n) is 15.7. The summed E-state index contributed by atoms with van der Waals surface area (Å²) in [6, 6.07) is 54.3. The second-order valence-electron chi connectivity index (χ2n) is 12.9. The van der Waals surface area contributed by atoms with Gasteiger partial charge < -0.3 is 9.31 Å². The van der Waals surface area contributed by atoms with Gasteiger partial charge in [0.05, 0.1) is 11.2 Å². The van der Waals surface area contributed by atoms with E-state index in [0.29, 0.717) is 0 Å². The fraction of sp³-hybridized carbons (Fsp3) is 0.143. The lowest BCUT2D eigenvalue weighted by atomic mass is 9.78. The minimum Gasteiger partial charge on any atom is -0.399 e. The molecule has 0 saturated carbocycles. The molecule has 1 fully saturated rings. The van der Waals surface area contributed by atoms with E-state index in [-0.39, 0.29) is 18.3 Å². The molecule has 1 saturated heterocycles. The highest BCUT2D eigenvalue weighted by Crippen LogP contribution is 2.38. The molecule has 1 aliphatic heterocycles. The van der Waals surface area contributed by atoms with Gasteiger partial charge in [0.1, 0.15) is 0 Å². The molecule has 0 N–H and O–H groups in total. The van der Waals surface area contributed by atoms with Gasteiger partial charge >= 0.3 is 7.12 Å². The highest BCUT2D eigenvalue weighted by atomic mass is 16.7. The summed E-state index contributed by atoms with van der Waals surface area (Å²) in [6.07, 6.45) is 0. The van der Waals surface area contributed by atoms with Crippen molar-refractivity contribution in [3.8, 4) is 55.6 Å². The van der Waals surface area contributed by atoms with Crippen LogP contribution in [0.1, 0.15) is 27.7 Å². The average Bonchev–Trinajstić information content (AvgIpc) is 3.31. The van der Waals surface area contributed by atoms with Gasteiger partial charge in [-0.05, 0) is 119 Å². The molecule has 0 unspecified atom stereocenters. The highest BCUT2D eigenvalue weighted by molar-refractivity contribution is 6.62. The molecule has 0 aromatic heterocycles. The highest BCUT2D eigenvalue weighted by Gasteiger charge is 2.51. The molecule has 0 atom stereocenters. The molecule has 0 amide bonds. The number of rotatable bonds is 6. The van der Waals surface area contributed by atoms with E-state index in [4.69, 9.17) is 9.31 Å². The van der Waals surface area contributed by atoms with Crippen LogP contribution in [0.2, 0.25) is 0 Å². The maximum absolute atomic E-state index is 6.34. The van der Waals surface area contributed by atoms with Crippen LogP contribution in [0.5, 0.6) is 0 Å². The lowest BCUT2D eigenvalue weighted by Crippen LogP contribution is -2.41. The Hall–Kier alpha value is -4.70. The quantitative estimate of drug-likeness (QED) is 0.181. The van der Waals surface area contributed by atoms with Gasteiger partial charge in [0, 0.05) is 0 Å². The zero-order valence-electron chi connectivity index (χ0n) is 26.3. The lowest BCUT2D eigenvalue weighted by Gasteiger charge is -2.32. The van der Waals surface area contributed by atoms with Crippen molar-refractivity contribution in [1.29, 1.82) is 0 Å².